The van der Waals surface area contributed by atoms with Gasteiger partial charge in [0.15, 0.2) is 0 Å². The van der Waals surface area contributed by atoms with Gasteiger partial charge in [-0.05, 0) is 37.8 Å². The maximum atomic E-state index is 12.4. The van der Waals surface area contributed by atoms with E-state index in [-0.39, 0.29) is 12.2 Å². The van der Waals surface area contributed by atoms with Crippen LogP contribution >= 0.6 is 0 Å². The average Bonchev–Trinajstić information content (AvgIpc) is 2.83. The highest BCUT2D eigenvalue weighted by Crippen LogP contribution is 2.26. The van der Waals surface area contributed by atoms with E-state index in [1.54, 1.807) is 28.6 Å². The number of benzene rings is 1. The summed E-state index contributed by atoms with van der Waals surface area (Å²) < 4.78 is 11.3. The molecule has 3 rings (SSSR count). The van der Waals surface area contributed by atoms with Gasteiger partial charge in [-0.3, -0.25) is 10.0 Å². The number of amides is 2. The minimum atomic E-state index is -0.598. The van der Waals surface area contributed by atoms with E-state index >= 15 is 0 Å². The zero-order valence-corrected chi connectivity index (χ0v) is 13.5. The average molecular weight is 334 g/mol. The predicted octanol–water partition coefficient (Wildman–Crippen LogP) is 2.47. The Morgan fingerprint density at radius 3 is 2.79 bits per heavy atom. The molecule has 0 spiro atoms. The minimum Gasteiger partial charge on any atom is -0.491 e. The number of nitrogens with zero attached hydrogens (tertiary/aromatic N) is 1. The van der Waals surface area contributed by atoms with Gasteiger partial charge in [0.1, 0.15) is 18.5 Å². The predicted molar refractivity (Wildman–Crippen MR) is 85.0 cm³/mol. The van der Waals surface area contributed by atoms with Crippen molar-refractivity contribution in [2.24, 2.45) is 0 Å². The van der Waals surface area contributed by atoms with Crippen LogP contribution in [0.3, 0.4) is 0 Å². The molecule has 1 aromatic carbocycles. The van der Waals surface area contributed by atoms with Gasteiger partial charge in [-0.25, -0.2) is 10.3 Å². The maximum absolute atomic E-state index is 12.4. The van der Waals surface area contributed by atoms with Crippen LogP contribution < -0.4 is 10.2 Å². The fraction of sp³-hybridized carbons (Fsp3) is 0.529. The number of ether oxygens (including phenoxy) is 2. The number of nitrogens with one attached hydrogen (secondary N) is 1. The Kier molecular flexibility index (Phi) is 5.20. The van der Waals surface area contributed by atoms with Gasteiger partial charge >= 0.3 is 6.09 Å². The summed E-state index contributed by atoms with van der Waals surface area (Å²) in [6.07, 6.45) is 5.02. The Morgan fingerprint density at radius 1 is 1.25 bits per heavy atom. The van der Waals surface area contributed by atoms with Crippen LogP contribution in [0.1, 0.15) is 48.0 Å². The third-order valence-electron chi connectivity index (χ3n) is 4.49. The molecule has 0 radical (unpaired) electrons. The molecular formula is C17H22N2O5. The van der Waals surface area contributed by atoms with Crippen LogP contribution in [0, 0.1) is 0 Å². The molecule has 1 saturated carbocycles. The second-order valence-corrected chi connectivity index (χ2v) is 6.18. The molecule has 0 atom stereocenters. The molecule has 2 N–H and O–H groups in total. The van der Waals surface area contributed by atoms with Crippen molar-refractivity contribution >= 4 is 12.0 Å². The first-order valence-electron chi connectivity index (χ1n) is 8.33. The molecule has 2 amide bonds. The van der Waals surface area contributed by atoms with E-state index in [0.29, 0.717) is 31.0 Å². The maximum Gasteiger partial charge on any atom is 0.410 e. The van der Waals surface area contributed by atoms with Crippen molar-refractivity contribution in [1.82, 2.24) is 10.4 Å². The van der Waals surface area contributed by atoms with Gasteiger partial charge in [-0.15, -0.1) is 0 Å². The number of rotatable bonds is 2. The zero-order chi connectivity index (χ0) is 16.9. The lowest BCUT2D eigenvalue weighted by molar-refractivity contribution is 0.0430. The van der Waals surface area contributed by atoms with Crippen LogP contribution in [0.25, 0.3) is 0 Å². The second kappa shape index (κ2) is 7.53. The van der Waals surface area contributed by atoms with Crippen molar-refractivity contribution in [2.45, 2.75) is 44.8 Å². The number of fused-ring (bicyclic) bond motifs is 1. The van der Waals surface area contributed by atoms with Gasteiger partial charge < -0.3 is 14.4 Å². The number of hydrogen-bond acceptors (Lipinski definition) is 5. The van der Waals surface area contributed by atoms with Gasteiger partial charge in [-0.2, -0.15) is 0 Å². The first-order valence-corrected chi connectivity index (χ1v) is 8.33. The quantitative estimate of drug-likeness (QED) is 0.641. The Bertz CT molecular complexity index is 613. The Morgan fingerprint density at radius 2 is 2.04 bits per heavy atom. The molecule has 24 heavy (non-hydrogen) atoms. The molecule has 7 heteroatoms. The normalized spacial score (nSPS) is 18.1. The molecule has 1 aliphatic carbocycles. The Hall–Kier alpha value is -2.28. The molecule has 0 aromatic heterocycles. The van der Waals surface area contributed by atoms with Crippen molar-refractivity contribution in [3.05, 3.63) is 29.3 Å². The number of carbonyl (C=O) groups is 2. The molecule has 1 aliphatic heterocycles. The number of carbonyl (C=O) groups excluding carboxylic acids is 2. The fourth-order valence-corrected chi connectivity index (χ4v) is 3.13. The summed E-state index contributed by atoms with van der Waals surface area (Å²) in [5, 5.41) is 8.71. The van der Waals surface area contributed by atoms with Crippen molar-refractivity contribution in [3.63, 3.8) is 0 Å². The SMILES string of the molecule is O=C(NO)c1ccc2c(c1)OCCN(C(=O)OC1CCCCC1)C2. The zero-order valence-electron chi connectivity index (χ0n) is 13.5. The van der Waals surface area contributed by atoms with Crippen molar-refractivity contribution in [2.75, 3.05) is 13.2 Å². The lowest BCUT2D eigenvalue weighted by atomic mass is 9.98. The third kappa shape index (κ3) is 3.79. The standard InChI is InChI=1S/C17H22N2O5/c20-16(18-22)12-6-7-13-11-19(8-9-23-15(13)10-12)17(21)24-14-4-2-1-3-5-14/h6-7,10,14,22H,1-5,8-9,11H2,(H,18,20). The van der Waals surface area contributed by atoms with Crippen molar-refractivity contribution in [1.29, 1.82) is 0 Å². The first kappa shape index (κ1) is 16.6. The lowest BCUT2D eigenvalue weighted by Gasteiger charge is -2.26. The van der Waals surface area contributed by atoms with E-state index in [2.05, 4.69) is 0 Å². The van der Waals surface area contributed by atoms with Crippen LogP contribution in [0.4, 0.5) is 4.79 Å². The van der Waals surface area contributed by atoms with Crippen LogP contribution in [0.2, 0.25) is 0 Å². The molecule has 0 bridgehead atoms. The second-order valence-electron chi connectivity index (χ2n) is 6.18. The van der Waals surface area contributed by atoms with E-state index in [1.807, 2.05) is 0 Å². The molecule has 1 heterocycles. The summed E-state index contributed by atoms with van der Waals surface area (Å²) in [4.78, 5) is 25.5. The first-order chi connectivity index (χ1) is 11.7. The van der Waals surface area contributed by atoms with Crippen molar-refractivity contribution < 1.29 is 24.3 Å². The molecule has 2 aliphatic rings. The highest BCUT2D eigenvalue weighted by Gasteiger charge is 2.25. The molecule has 7 nitrogen and oxygen atoms in total. The smallest absolute Gasteiger partial charge is 0.410 e. The summed E-state index contributed by atoms with van der Waals surface area (Å²) in [6.45, 7) is 1.14. The molecule has 1 aromatic rings. The summed E-state index contributed by atoms with van der Waals surface area (Å²) in [6, 6.07) is 4.88. The summed E-state index contributed by atoms with van der Waals surface area (Å²) in [5.74, 6) is -0.0525. The van der Waals surface area contributed by atoms with Crippen LogP contribution in [0.5, 0.6) is 5.75 Å². The summed E-state index contributed by atoms with van der Waals surface area (Å²) >= 11 is 0. The van der Waals surface area contributed by atoms with E-state index in [1.165, 1.54) is 6.42 Å². The fourth-order valence-electron chi connectivity index (χ4n) is 3.13. The minimum absolute atomic E-state index is 0.0190. The van der Waals surface area contributed by atoms with Gasteiger partial charge in [0, 0.05) is 11.1 Å². The van der Waals surface area contributed by atoms with E-state index < -0.39 is 5.91 Å². The van der Waals surface area contributed by atoms with E-state index in [0.717, 1.165) is 31.2 Å². The third-order valence-corrected chi connectivity index (χ3v) is 4.49. The number of hydrogen-bond donors (Lipinski definition) is 2. The lowest BCUT2D eigenvalue weighted by Crippen LogP contribution is -2.36. The van der Waals surface area contributed by atoms with Gasteiger partial charge in [0.25, 0.3) is 5.91 Å². The topological polar surface area (TPSA) is 88.1 Å². The van der Waals surface area contributed by atoms with Crippen LogP contribution in [-0.4, -0.2) is 41.4 Å². The molecule has 0 unspecified atom stereocenters. The molecule has 0 saturated heterocycles. The Labute approximate surface area is 140 Å². The summed E-state index contributed by atoms with van der Waals surface area (Å²) in [5.41, 5.74) is 2.71. The largest absolute Gasteiger partial charge is 0.491 e. The van der Waals surface area contributed by atoms with E-state index in [9.17, 15) is 9.59 Å². The summed E-state index contributed by atoms with van der Waals surface area (Å²) in [7, 11) is 0. The highest BCUT2D eigenvalue weighted by atomic mass is 16.6. The molecular weight excluding hydrogens is 312 g/mol. The van der Waals surface area contributed by atoms with E-state index in [4.69, 9.17) is 14.7 Å². The molecule has 1 fully saturated rings. The highest BCUT2D eigenvalue weighted by molar-refractivity contribution is 5.93. The van der Waals surface area contributed by atoms with Gasteiger partial charge in [-0.1, -0.05) is 12.5 Å². The van der Waals surface area contributed by atoms with Crippen molar-refractivity contribution in [3.8, 4) is 5.75 Å². The van der Waals surface area contributed by atoms with Gasteiger partial charge in [0.05, 0.1) is 13.1 Å². The molecule has 130 valence electrons. The monoisotopic (exact) mass is 334 g/mol. The van der Waals surface area contributed by atoms with Crippen LogP contribution in [-0.2, 0) is 11.3 Å². The van der Waals surface area contributed by atoms with Crippen LogP contribution in [0.15, 0.2) is 18.2 Å². The van der Waals surface area contributed by atoms with Gasteiger partial charge in [0.2, 0.25) is 0 Å². The number of hydroxylamine groups is 1. The Balaban J connectivity index is 1.67.